The SMILES string of the molecule is CC(C)(C)[Si](OC[C@H]1O[C@@H](n2cnc3c(C=C[Si](C)(C)C)nc(N)nc32)C[C@@H]1O)(c1ccccc1)c1ccccc1. The number of hydrogen-bond acceptors (Lipinski definition) is 7. The number of nitrogens with two attached hydrogens (primary N) is 1. The summed E-state index contributed by atoms with van der Waals surface area (Å²) in [5.74, 6) is 0.180. The van der Waals surface area contributed by atoms with Crippen LogP contribution in [0.2, 0.25) is 24.7 Å². The molecule has 41 heavy (non-hydrogen) atoms. The van der Waals surface area contributed by atoms with Crippen LogP contribution in [-0.4, -0.2) is 59.8 Å². The van der Waals surface area contributed by atoms with E-state index in [1.54, 1.807) is 6.33 Å². The molecule has 0 saturated carbocycles. The first-order valence-electron chi connectivity index (χ1n) is 14.2. The van der Waals surface area contributed by atoms with Crippen molar-refractivity contribution in [2.75, 3.05) is 12.3 Å². The van der Waals surface area contributed by atoms with Crippen LogP contribution in [0.1, 0.15) is 39.1 Å². The number of aliphatic hydroxyl groups excluding tert-OH is 1. The molecule has 3 heterocycles. The second kappa shape index (κ2) is 11.3. The highest BCUT2D eigenvalue weighted by Gasteiger charge is 2.51. The first-order valence-corrected chi connectivity index (χ1v) is 19.7. The highest BCUT2D eigenvalue weighted by atomic mass is 28.4. The lowest BCUT2D eigenvalue weighted by molar-refractivity contribution is -0.0398. The molecule has 3 N–H and O–H groups in total. The van der Waals surface area contributed by atoms with Crippen molar-refractivity contribution in [1.82, 2.24) is 19.5 Å². The van der Waals surface area contributed by atoms with Gasteiger partial charge in [0, 0.05) is 6.42 Å². The van der Waals surface area contributed by atoms with E-state index in [4.69, 9.17) is 14.9 Å². The lowest BCUT2D eigenvalue weighted by atomic mass is 10.2. The zero-order chi connectivity index (χ0) is 29.4. The van der Waals surface area contributed by atoms with E-state index in [1.807, 2.05) is 22.8 Å². The molecule has 10 heteroatoms. The first-order chi connectivity index (χ1) is 19.4. The van der Waals surface area contributed by atoms with Crippen molar-refractivity contribution in [3.63, 3.8) is 0 Å². The number of nitrogen functional groups attached to an aromatic ring is 1. The van der Waals surface area contributed by atoms with Crippen LogP contribution in [0, 0.1) is 0 Å². The third-order valence-corrected chi connectivity index (χ3v) is 13.8. The van der Waals surface area contributed by atoms with E-state index in [1.165, 1.54) is 10.4 Å². The average molecular weight is 588 g/mol. The molecule has 216 valence electrons. The highest BCUT2D eigenvalue weighted by molar-refractivity contribution is 6.99. The lowest BCUT2D eigenvalue weighted by Gasteiger charge is -2.43. The Balaban J connectivity index is 1.44. The maximum Gasteiger partial charge on any atom is 0.261 e. The van der Waals surface area contributed by atoms with Crippen LogP contribution in [-0.2, 0) is 9.16 Å². The monoisotopic (exact) mass is 587 g/mol. The molecule has 2 aromatic heterocycles. The topological polar surface area (TPSA) is 108 Å². The van der Waals surface area contributed by atoms with Gasteiger partial charge >= 0.3 is 0 Å². The Morgan fingerprint density at radius 1 is 1.02 bits per heavy atom. The van der Waals surface area contributed by atoms with Crippen LogP contribution < -0.4 is 16.1 Å². The fraction of sp³-hybridized carbons (Fsp3) is 0.387. The Labute approximate surface area is 244 Å². The van der Waals surface area contributed by atoms with Crippen molar-refractivity contribution in [3.05, 3.63) is 78.4 Å². The van der Waals surface area contributed by atoms with Gasteiger partial charge in [-0.3, -0.25) is 4.57 Å². The maximum absolute atomic E-state index is 11.2. The largest absolute Gasteiger partial charge is 0.405 e. The Morgan fingerprint density at radius 3 is 2.20 bits per heavy atom. The average Bonchev–Trinajstić information content (AvgIpc) is 3.50. The number of fused-ring (bicyclic) bond motifs is 1. The Kier molecular flexibility index (Phi) is 8.06. The number of ether oxygens (including phenoxy) is 1. The van der Waals surface area contributed by atoms with E-state index < -0.39 is 34.8 Å². The van der Waals surface area contributed by atoms with Gasteiger partial charge in [0.1, 0.15) is 17.8 Å². The number of benzene rings is 2. The minimum absolute atomic E-state index is 0.173. The minimum Gasteiger partial charge on any atom is -0.405 e. The van der Waals surface area contributed by atoms with Crippen molar-refractivity contribution in [1.29, 1.82) is 0 Å². The summed E-state index contributed by atoms with van der Waals surface area (Å²) >= 11 is 0. The van der Waals surface area contributed by atoms with E-state index in [9.17, 15) is 5.11 Å². The molecule has 1 aliphatic heterocycles. The van der Waals surface area contributed by atoms with Crippen molar-refractivity contribution in [2.24, 2.45) is 0 Å². The number of aliphatic hydroxyl groups is 1. The molecular formula is C31H41N5O3Si2. The molecule has 0 radical (unpaired) electrons. The van der Waals surface area contributed by atoms with Crippen molar-refractivity contribution < 1.29 is 14.3 Å². The molecule has 2 aromatic carbocycles. The van der Waals surface area contributed by atoms with E-state index in [0.29, 0.717) is 23.3 Å². The molecule has 4 aromatic rings. The summed E-state index contributed by atoms with van der Waals surface area (Å²) in [7, 11) is -4.22. The summed E-state index contributed by atoms with van der Waals surface area (Å²) in [5, 5.41) is 13.4. The molecule has 1 fully saturated rings. The smallest absolute Gasteiger partial charge is 0.261 e. The second-order valence-corrected chi connectivity index (χ2v) is 22.3. The van der Waals surface area contributed by atoms with Crippen LogP contribution in [0.3, 0.4) is 0 Å². The summed E-state index contributed by atoms with van der Waals surface area (Å²) < 4.78 is 15.4. The van der Waals surface area contributed by atoms with Crippen LogP contribution in [0.4, 0.5) is 5.95 Å². The molecule has 8 nitrogen and oxygen atoms in total. The van der Waals surface area contributed by atoms with E-state index in [-0.39, 0.29) is 17.6 Å². The van der Waals surface area contributed by atoms with E-state index >= 15 is 0 Å². The Bertz CT molecular complexity index is 1470. The molecule has 0 amide bonds. The van der Waals surface area contributed by atoms with Gasteiger partial charge in [-0.2, -0.15) is 4.98 Å². The van der Waals surface area contributed by atoms with E-state index in [2.05, 4.69) is 110 Å². The first kappa shape index (κ1) is 29.3. The fourth-order valence-electron chi connectivity index (χ4n) is 5.62. The predicted octanol–water partition coefficient (Wildman–Crippen LogP) is 4.52. The standard InChI is InChI=1S/C31H41N5O3Si2/c1-31(2,3)41(22-13-9-7-10-14-22,23-15-11-8-12-16-23)38-20-26-25(37)19-27(39-26)36-21-33-28-24(17-18-40(4,5)6)34-30(32)35-29(28)36/h7-18,21,25-27,37H,19-20H2,1-6H3,(H2,32,34,35)/t25-,26+,27+/m0/s1. The summed E-state index contributed by atoms with van der Waals surface area (Å²) in [6.07, 6.45) is 2.42. The highest BCUT2D eigenvalue weighted by Crippen LogP contribution is 2.38. The lowest BCUT2D eigenvalue weighted by Crippen LogP contribution is -2.67. The molecule has 3 atom stereocenters. The number of nitrogens with zero attached hydrogens (tertiary/aromatic N) is 4. The van der Waals surface area contributed by atoms with Gasteiger partial charge in [-0.1, -0.05) is 107 Å². The Morgan fingerprint density at radius 2 is 1.63 bits per heavy atom. The van der Waals surface area contributed by atoms with Gasteiger partial charge in [0.05, 0.1) is 32.8 Å². The summed E-state index contributed by atoms with van der Waals surface area (Å²) in [6, 6.07) is 21.0. The zero-order valence-electron chi connectivity index (χ0n) is 24.8. The third-order valence-electron chi connectivity index (χ3n) is 7.60. The van der Waals surface area contributed by atoms with E-state index in [0.717, 1.165) is 0 Å². The number of rotatable bonds is 8. The zero-order valence-corrected chi connectivity index (χ0v) is 26.8. The fourth-order valence-corrected chi connectivity index (χ4v) is 10.8. The minimum atomic E-state index is -2.77. The predicted molar refractivity (Wildman–Crippen MR) is 170 cm³/mol. The molecule has 1 aliphatic rings. The molecule has 0 spiro atoms. The maximum atomic E-state index is 11.2. The quantitative estimate of drug-likeness (QED) is 0.292. The van der Waals surface area contributed by atoms with Crippen LogP contribution in [0.15, 0.2) is 72.7 Å². The second-order valence-electron chi connectivity index (χ2n) is 12.9. The van der Waals surface area contributed by atoms with Crippen molar-refractivity contribution in [2.45, 2.75) is 70.3 Å². The number of anilines is 1. The molecule has 0 unspecified atom stereocenters. The summed E-state index contributed by atoms with van der Waals surface area (Å²) in [6.45, 7) is 13.8. The van der Waals surface area contributed by atoms with Gasteiger partial charge in [-0.05, 0) is 21.5 Å². The summed E-state index contributed by atoms with van der Waals surface area (Å²) in [4.78, 5) is 13.5. The van der Waals surface area contributed by atoms with Gasteiger partial charge in [-0.15, -0.1) is 0 Å². The van der Waals surface area contributed by atoms with Crippen molar-refractivity contribution >= 4 is 50.0 Å². The van der Waals surface area contributed by atoms with Crippen LogP contribution in [0.5, 0.6) is 0 Å². The van der Waals surface area contributed by atoms with Gasteiger partial charge in [0.15, 0.2) is 5.65 Å². The summed E-state index contributed by atoms with van der Waals surface area (Å²) in [5.41, 5.74) is 10.3. The molecular weight excluding hydrogens is 547 g/mol. The van der Waals surface area contributed by atoms with Crippen LogP contribution >= 0.6 is 0 Å². The number of hydrogen-bond donors (Lipinski definition) is 2. The molecule has 0 bridgehead atoms. The third kappa shape index (κ3) is 5.93. The molecule has 0 aliphatic carbocycles. The van der Waals surface area contributed by atoms with Gasteiger partial charge in [-0.25, -0.2) is 9.97 Å². The van der Waals surface area contributed by atoms with Gasteiger partial charge in [0.25, 0.3) is 8.32 Å². The van der Waals surface area contributed by atoms with Gasteiger partial charge < -0.3 is 20.0 Å². The molecule has 5 rings (SSSR count). The Hall–Kier alpha value is -3.16. The van der Waals surface area contributed by atoms with Crippen molar-refractivity contribution in [3.8, 4) is 0 Å². The molecule has 1 saturated heterocycles. The number of imidazole rings is 1. The number of aromatic nitrogens is 4. The van der Waals surface area contributed by atoms with Gasteiger partial charge in [0.2, 0.25) is 5.95 Å². The normalized spacial score (nSPS) is 20.3. The van der Waals surface area contributed by atoms with Crippen LogP contribution in [0.25, 0.3) is 17.2 Å².